The van der Waals surface area contributed by atoms with Gasteiger partial charge in [0, 0.05) is 12.2 Å². The maximum atomic E-state index is 5.51. The van der Waals surface area contributed by atoms with Gasteiger partial charge in [-0.15, -0.1) is 0 Å². The normalized spacial score (nSPS) is 10.5. The lowest BCUT2D eigenvalue weighted by atomic mass is 10.3. The van der Waals surface area contributed by atoms with Crippen molar-refractivity contribution in [3.63, 3.8) is 0 Å². The van der Waals surface area contributed by atoms with Crippen LogP contribution >= 0.6 is 12.2 Å². The zero-order valence-electron chi connectivity index (χ0n) is 6.74. The molecule has 0 spiro atoms. The average Bonchev–Trinajstić information content (AvgIpc) is 2.32. The number of nitrogens with two attached hydrogens (primary N) is 1. The Morgan fingerprint density at radius 3 is 2.64 bits per heavy atom. The highest BCUT2D eigenvalue weighted by atomic mass is 32.1. The minimum Gasteiger partial charge on any atom is -0.388 e. The summed E-state index contributed by atoms with van der Waals surface area (Å²) in [6, 6.07) is 4.30. The largest absolute Gasteiger partial charge is 0.388 e. The van der Waals surface area contributed by atoms with E-state index in [4.69, 9.17) is 18.0 Å². The molecule has 0 radical (unpaired) electrons. The number of aromatic nitrogens is 1. The fraction of sp³-hybridized carbons (Fsp3) is 0.375. The van der Waals surface area contributed by atoms with E-state index in [0.29, 0.717) is 11.0 Å². The van der Waals surface area contributed by atoms with Crippen molar-refractivity contribution in [3.05, 3.63) is 24.0 Å². The molecular weight excluding hydrogens is 156 g/mol. The van der Waals surface area contributed by atoms with Crippen LogP contribution in [0.25, 0.3) is 0 Å². The Morgan fingerprint density at radius 2 is 2.27 bits per heavy atom. The van der Waals surface area contributed by atoms with Gasteiger partial charge in [-0.3, -0.25) is 0 Å². The number of hydrogen-bond donors (Lipinski definition) is 1. The van der Waals surface area contributed by atoms with Crippen LogP contribution in [-0.4, -0.2) is 9.56 Å². The number of nitrogens with zero attached hydrogens (tertiary/aromatic N) is 1. The second-order valence-electron chi connectivity index (χ2n) is 2.76. The van der Waals surface area contributed by atoms with Gasteiger partial charge in [0.1, 0.15) is 4.99 Å². The molecule has 0 saturated heterocycles. The quantitative estimate of drug-likeness (QED) is 0.681. The summed E-state index contributed by atoms with van der Waals surface area (Å²) in [4.78, 5) is 0.462. The van der Waals surface area contributed by atoms with E-state index in [1.165, 1.54) is 0 Å². The summed E-state index contributed by atoms with van der Waals surface area (Å²) in [5.41, 5.74) is 6.45. The van der Waals surface area contributed by atoms with Gasteiger partial charge in [-0.05, 0) is 26.0 Å². The molecule has 3 heteroatoms. The first-order valence-corrected chi connectivity index (χ1v) is 4.00. The summed E-state index contributed by atoms with van der Waals surface area (Å²) >= 11 is 4.88. The molecule has 0 atom stereocenters. The summed E-state index contributed by atoms with van der Waals surface area (Å²) in [5, 5.41) is 0. The topological polar surface area (TPSA) is 30.9 Å². The van der Waals surface area contributed by atoms with E-state index in [1.54, 1.807) is 0 Å². The first-order valence-electron chi connectivity index (χ1n) is 3.59. The number of rotatable bonds is 2. The van der Waals surface area contributed by atoms with Crippen LogP contribution in [0.5, 0.6) is 0 Å². The van der Waals surface area contributed by atoms with Crippen LogP contribution in [0.1, 0.15) is 25.6 Å². The van der Waals surface area contributed by atoms with E-state index in [0.717, 1.165) is 5.69 Å². The Hall–Kier alpha value is -0.830. The first kappa shape index (κ1) is 8.27. The molecule has 2 N–H and O–H groups in total. The number of thiocarbonyl (C=S) groups is 1. The summed E-state index contributed by atoms with van der Waals surface area (Å²) in [6.07, 6.45) is 1.99. The van der Waals surface area contributed by atoms with Crippen LogP contribution in [0.2, 0.25) is 0 Å². The maximum absolute atomic E-state index is 5.51. The van der Waals surface area contributed by atoms with Crippen LogP contribution < -0.4 is 5.73 Å². The van der Waals surface area contributed by atoms with E-state index >= 15 is 0 Å². The highest BCUT2D eigenvalue weighted by Crippen LogP contribution is 2.09. The molecule has 0 fully saturated rings. The van der Waals surface area contributed by atoms with E-state index in [1.807, 2.05) is 18.3 Å². The van der Waals surface area contributed by atoms with Crippen molar-refractivity contribution in [1.82, 2.24) is 4.57 Å². The van der Waals surface area contributed by atoms with Crippen molar-refractivity contribution in [2.45, 2.75) is 19.9 Å². The molecule has 60 valence electrons. The molecule has 0 bridgehead atoms. The lowest BCUT2D eigenvalue weighted by Gasteiger charge is -2.10. The zero-order valence-corrected chi connectivity index (χ0v) is 7.56. The summed E-state index contributed by atoms with van der Waals surface area (Å²) < 4.78 is 2.06. The van der Waals surface area contributed by atoms with Crippen LogP contribution in [-0.2, 0) is 0 Å². The third kappa shape index (κ3) is 1.60. The molecule has 1 aromatic rings. The van der Waals surface area contributed by atoms with Crippen LogP contribution in [0, 0.1) is 0 Å². The van der Waals surface area contributed by atoms with Crippen molar-refractivity contribution in [3.8, 4) is 0 Å². The number of hydrogen-bond acceptors (Lipinski definition) is 1. The Labute approximate surface area is 72.0 Å². The van der Waals surface area contributed by atoms with Gasteiger partial charge in [0.15, 0.2) is 0 Å². The second kappa shape index (κ2) is 3.05. The molecular formula is C8H12N2S. The predicted octanol–water partition coefficient (Wildman–Crippen LogP) is 1.70. The molecule has 0 aliphatic carbocycles. The maximum Gasteiger partial charge on any atom is 0.120 e. The van der Waals surface area contributed by atoms with Gasteiger partial charge >= 0.3 is 0 Å². The van der Waals surface area contributed by atoms with Gasteiger partial charge in [0.25, 0.3) is 0 Å². The Bertz CT molecular complexity index is 263. The van der Waals surface area contributed by atoms with E-state index in [-0.39, 0.29) is 0 Å². The van der Waals surface area contributed by atoms with Gasteiger partial charge in [0.05, 0.1) is 5.69 Å². The molecule has 0 aliphatic heterocycles. The highest BCUT2D eigenvalue weighted by molar-refractivity contribution is 7.80. The van der Waals surface area contributed by atoms with Crippen molar-refractivity contribution in [2.75, 3.05) is 0 Å². The molecule has 0 unspecified atom stereocenters. The molecule has 1 aromatic heterocycles. The van der Waals surface area contributed by atoms with Crippen molar-refractivity contribution in [2.24, 2.45) is 5.73 Å². The van der Waals surface area contributed by atoms with Gasteiger partial charge in [0.2, 0.25) is 0 Å². The molecule has 1 rings (SSSR count). The molecule has 11 heavy (non-hydrogen) atoms. The lowest BCUT2D eigenvalue weighted by Crippen LogP contribution is -2.16. The standard InChI is InChI=1S/C8H12N2S/c1-6(2)10-5-3-4-7(10)8(9)11/h3-6H,1-2H3,(H2,9,11). The van der Waals surface area contributed by atoms with Gasteiger partial charge in [-0.1, -0.05) is 12.2 Å². The first-order chi connectivity index (χ1) is 5.13. The molecule has 0 amide bonds. The monoisotopic (exact) mass is 168 g/mol. The van der Waals surface area contributed by atoms with Crippen LogP contribution in [0.15, 0.2) is 18.3 Å². The van der Waals surface area contributed by atoms with Gasteiger partial charge < -0.3 is 10.3 Å². The van der Waals surface area contributed by atoms with Crippen molar-refractivity contribution in [1.29, 1.82) is 0 Å². The van der Waals surface area contributed by atoms with E-state index in [9.17, 15) is 0 Å². The predicted molar refractivity (Wildman–Crippen MR) is 50.7 cm³/mol. The highest BCUT2D eigenvalue weighted by Gasteiger charge is 2.04. The molecule has 1 heterocycles. The molecule has 0 aromatic carbocycles. The Balaban J connectivity index is 3.06. The Kier molecular flexibility index (Phi) is 2.29. The van der Waals surface area contributed by atoms with Gasteiger partial charge in [-0.25, -0.2) is 0 Å². The lowest BCUT2D eigenvalue weighted by molar-refractivity contribution is 0.600. The van der Waals surface area contributed by atoms with E-state index in [2.05, 4.69) is 18.4 Å². The zero-order chi connectivity index (χ0) is 8.43. The van der Waals surface area contributed by atoms with Crippen molar-refractivity contribution < 1.29 is 0 Å². The SMILES string of the molecule is CC(C)n1cccc1C(N)=S. The van der Waals surface area contributed by atoms with E-state index < -0.39 is 0 Å². The summed E-state index contributed by atoms with van der Waals surface area (Å²) in [5.74, 6) is 0. The summed E-state index contributed by atoms with van der Waals surface area (Å²) in [7, 11) is 0. The smallest absolute Gasteiger partial charge is 0.120 e. The molecule has 0 aliphatic rings. The fourth-order valence-corrected chi connectivity index (χ4v) is 1.23. The third-order valence-corrected chi connectivity index (χ3v) is 1.80. The minimum atomic E-state index is 0.418. The van der Waals surface area contributed by atoms with Crippen LogP contribution in [0.4, 0.5) is 0 Å². The molecule has 2 nitrogen and oxygen atoms in total. The fourth-order valence-electron chi connectivity index (χ4n) is 1.05. The minimum absolute atomic E-state index is 0.418. The Morgan fingerprint density at radius 1 is 1.64 bits per heavy atom. The van der Waals surface area contributed by atoms with Gasteiger partial charge in [-0.2, -0.15) is 0 Å². The second-order valence-corrected chi connectivity index (χ2v) is 3.20. The summed E-state index contributed by atoms with van der Waals surface area (Å²) in [6.45, 7) is 4.20. The van der Waals surface area contributed by atoms with Crippen molar-refractivity contribution >= 4 is 17.2 Å². The van der Waals surface area contributed by atoms with Crippen LogP contribution in [0.3, 0.4) is 0 Å². The average molecular weight is 168 g/mol. The molecule has 0 saturated carbocycles. The third-order valence-electron chi connectivity index (χ3n) is 1.59.